The molecule has 5 heteroatoms. The van der Waals surface area contributed by atoms with Crippen LogP contribution in [-0.2, 0) is 6.54 Å². The predicted octanol–water partition coefficient (Wildman–Crippen LogP) is 4.59. The van der Waals surface area contributed by atoms with Crippen molar-refractivity contribution in [3.05, 3.63) is 77.1 Å². The number of hydrogen-bond acceptors (Lipinski definition) is 3. The van der Waals surface area contributed by atoms with Gasteiger partial charge in [-0.15, -0.1) is 0 Å². The van der Waals surface area contributed by atoms with E-state index in [4.69, 9.17) is 4.74 Å². The van der Waals surface area contributed by atoms with Crippen molar-refractivity contribution in [3.8, 4) is 5.75 Å². The van der Waals surface area contributed by atoms with Gasteiger partial charge in [-0.05, 0) is 63.6 Å². The van der Waals surface area contributed by atoms with E-state index in [0.29, 0.717) is 23.5 Å². The van der Waals surface area contributed by atoms with Crippen LogP contribution in [0.2, 0.25) is 0 Å². The van der Waals surface area contributed by atoms with E-state index in [1.165, 1.54) is 0 Å². The van der Waals surface area contributed by atoms with Gasteiger partial charge in [-0.25, -0.2) is 0 Å². The maximum absolute atomic E-state index is 12.6. The molecule has 0 saturated carbocycles. The van der Waals surface area contributed by atoms with E-state index in [-0.39, 0.29) is 12.0 Å². The zero-order valence-electron chi connectivity index (χ0n) is 16.2. The third-order valence-electron chi connectivity index (χ3n) is 4.15. The molecule has 0 unspecified atom stereocenters. The molecule has 0 aliphatic heterocycles. The average Bonchev–Trinajstić information content (AvgIpc) is 2.94. The van der Waals surface area contributed by atoms with Crippen LogP contribution >= 0.6 is 0 Å². The summed E-state index contributed by atoms with van der Waals surface area (Å²) in [5, 5.41) is 7.41. The number of carbonyl (C=O) groups excluding carboxylic acids is 1. The first-order valence-corrected chi connectivity index (χ1v) is 9.09. The van der Waals surface area contributed by atoms with E-state index in [0.717, 1.165) is 17.0 Å². The lowest BCUT2D eigenvalue weighted by Crippen LogP contribution is -2.14. The van der Waals surface area contributed by atoms with Crippen molar-refractivity contribution >= 4 is 11.6 Å². The number of para-hydroxylation sites is 2. The van der Waals surface area contributed by atoms with Crippen LogP contribution in [0, 0.1) is 13.8 Å². The van der Waals surface area contributed by atoms with Crippen molar-refractivity contribution in [1.82, 2.24) is 9.78 Å². The van der Waals surface area contributed by atoms with Crippen LogP contribution in [0.5, 0.6) is 5.75 Å². The minimum atomic E-state index is -0.160. The number of rotatable bonds is 6. The van der Waals surface area contributed by atoms with Gasteiger partial charge >= 0.3 is 0 Å². The Hall–Kier alpha value is -3.08. The average molecular weight is 363 g/mol. The molecule has 0 fully saturated rings. The predicted molar refractivity (Wildman–Crippen MR) is 107 cm³/mol. The Balaban J connectivity index is 1.70. The van der Waals surface area contributed by atoms with Crippen molar-refractivity contribution in [3.63, 3.8) is 0 Å². The van der Waals surface area contributed by atoms with Crippen LogP contribution in [0.4, 0.5) is 5.69 Å². The lowest BCUT2D eigenvalue weighted by Gasteiger charge is -2.15. The molecule has 0 saturated heterocycles. The topological polar surface area (TPSA) is 56.2 Å². The number of hydrogen-bond donors (Lipinski definition) is 1. The summed E-state index contributed by atoms with van der Waals surface area (Å²) in [5.74, 6) is 0.509. The van der Waals surface area contributed by atoms with Gasteiger partial charge in [-0.1, -0.05) is 24.3 Å². The van der Waals surface area contributed by atoms with Crippen LogP contribution in [0.1, 0.15) is 41.2 Å². The van der Waals surface area contributed by atoms with Crippen molar-refractivity contribution in [1.29, 1.82) is 0 Å². The molecule has 0 spiro atoms. The third-order valence-corrected chi connectivity index (χ3v) is 4.15. The first-order chi connectivity index (χ1) is 12.9. The van der Waals surface area contributed by atoms with E-state index in [2.05, 4.69) is 16.5 Å². The quantitative estimate of drug-likeness (QED) is 0.697. The zero-order valence-corrected chi connectivity index (χ0v) is 16.2. The van der Waals surface area contributed by atoms with Crippen molar-refractivity contribution in [2.24, 2.45) is 0 Å². The molecular weight excluding hydrogens is 338 g/mol. The Kier molecular flexibility index (Phi) is 5.60. The van der Waals surface area contributed by atoms with Gasteiger partial charge in [-0.2, -0.15) is 5.10 Å². The Morgan fingerprint density at radius 3 is 2.44 bits per heavy atom. The number of amides is 1. The summed E-state index contributed by atoms with van der Waals surface area (Å²) < 4.78 is 7.72. The van der Waals surface area contributed by atoms with E-state index in [9.17, 15) is 4.79 Å². The number of aromatic nitrogens is 2. The molecule has 0 aliphatic rings. The summed E-state index contributed by atoms with van der Waals surface area (Å²) in [6, 6.07) is 17.1. The van der Waals surface area contributed by atoms with Gasteiger partial charge in [0.1, 0.15) is 5.75 Å². The van der Waals surface area contributed by atoms with E-state index < -0.39 is 0 Å². The van der Waals surface area contributed by atoms with Crippen LogP contribution < -0.4 is 10.1 Å². The van der Waals surface area contributed by atoms with Gasteiger partial charge in [0, 0.05) is 11.3 Å². The fourth-order valence-electron chi connectivity index (χ4n) is 2.89. The summed E-state index contributed by atoms with van der Waals surface area (Å²) in [4.78, 5) is 12.6. The van der Waals surface area contributed by atoms with Gasteiger partial charge in [0.2, 0.25) is 0 Å². The molecule has 1 N–H and O–H groups in total. The Labute approximate surface area is 160 Å². The number of benzene rings is 2. The number of nitrogens with zero attached hydrogens (tertiary/aromatic N) is 2. The summed E-state index contributed by atoms with van der Waals surface area (Å²) in [7, 11) is 0. The number of aryl methyl sites for hydroxylation is 2. The normalized spacial score (nSPS) is 10.9. The van der Waals surface area contributed by atoms with Crippen LogP contribution in [0.3, 0.4) is 0 Å². The Morgan fingerprint density at radius 2 is 1.81 bits per heavy atom. The van der Waals surface area contributed by atoms with Gasteiger partial charge in [0.15, 0.2) is 0 Å². The van der Waals surface area contributed by atoms with Crippen molar-refractivity contribution in [2.75, 3.05) is 5.32 Å². The fraction of sp³-hybridized carbons (Fsp3) is 0.273. The SMILES string of the molecule is Cc1cc(C)n(Cc2ccc(C(=O)Nc3ccccc3OC(C)C)cc2)n1. The highest BCUT2D eigenvalue weighted by molar-refractivity contribution is 6.05. The van der Waals surface area contributed by atoms with Gasteiger partial charge in [0.05, 0.1) is 24.0 Å². The Bertz CT molecular complexity index is 927. The molecular formula is C22H25N3O2. The van der Waals surface area contributed by atoms with E-state index in [1.807, 2.05) is 80.9 Å². The number of anilines is 1. The van der Waals surface area contributed by atoms with Gasteiger partial charge in [0.25, 0.3) is 5.91 Å². The molecule has 0 aliphatic carbocycles. The second kappa shape index (κ2) is 8.08. The lowest BCUT2D eigenvalue weighted by molar-refractivity contribution is 0.102. The first-order valence-electron chi connectivity index (χ1n) is 9.09. The maximum atomic E-state index is 12.6. The fourth-order valence-corrected chi connectivity index (χ4v) is 2.89. The second-order valence-corrected chi connectivity index (χ2v) is 6.90. The monoisotopic (exact) mass is 363 g/mol. The number of nitrogens with one attached hydrogen (secondary N) is 1. The molecule has 27 heavy (non-hydrogen) atoms. The van der Waals surface area contributed by atoms with Gasteiger partial charge < -0.3 is 10.1 Å². The summed E-state index contributed by atoms with van der Waals surface area (Å²) in [6.07, 6.45) is 0.0386. The van der Waals surface area contributed by atoms with Crippen molar-refractivity contribution in [2.45, 2.75) is 40.3 Å². The van der Waals surface area contributed by atoms with Crippen molar-refractivity contribution < 1.29 is 9.53 Å². The molecule has 5 nitrogen and oxygen atoms in total. The molecule has 1 heterocycles. The Morgan fingerprint density at radius 1 is 1.11 bits per heavy atom. The minimum Gasteiger partial charge on any atom is -0.489 e. The van der Waals surface area contributed by atoms with Crippen LogP contribution in [0.15, 0.2) is 54.6 Å². The molecule has 2 aromatic carbocycles. The highest BCUT2D eigenvalue weighted by Gasteiger charge is 2.11. The van der Waals surface area contributed by atoms with E-state index in [1.54, 1.807) is 0 Å². The largest absolute Gasteiger partial charge is 0.489 e. The maximum Gasteiger partial charge on any atom is 0.255 e. The number of ether oxygens (including phenoxy) is 1. The van der Waals surface area contributed by atoms with Crippen LogP contribution in [-0.4, -0.2) is 21.8 Å². The molecule has 0 radical (unpaired) electrons. The standard InChI is InChI=1S/C22H25N3O2/c1-15(2)27-21-8-6-5-7-20(21)23-22(26)19-11-9-18(10-12-19)14-25-17(4)13-16(3)24-25/h5-13,15H,14H2,1-4H3,(H,23,26). The van der Waals surface area contributed by atoms with E-state index >= 15 is 0 Å². The van der Waals surface area contributed by atoms with Crippen LogP contribution in [0.25, 0.3) is 0 Å². The molecule has 3 aromatic rings. The molecule has 1 aromatic heterocycles. The molecule has 3 rings (SSSR count). The number of carbonyl (C=O) groups is 1. The molecule has 1 amide bonds. The molecule has 0 atom stereocenters. The molecule has 0 bridgehead atoms. The summed E-state index contributed by atoms with van der Waals surface area (Å²) in [6.45, 7) is 8.63. The lowest BCUT2D eigenvalue weighted by atomic mass is 10.1. The second-order valence-electron chi connectivity index (χ2n) is 6.90. The minimum absolute atomic E-state index is 0.0386. The highest BCUT2D eigenvalue weighted by Crippen LogP contribution is 2.25. The highest BCUT2D eigenvalue weighted by atomic mass is 16.5. The molecule has 140 valence electrons. The van der Waals surface area contributed by atoms with Gasteiger partial charge in [-0.3, -0.25) is 9.48 Å². The smallest absolute Gasteiger partial charge is 0.255 e. The first kappa shape index (κ1) is 18.7. The summed E-state index contributed by atoms with van der Waals surface area (Å²) in [5.41, 5.74) is 4.50. The zero-order chi connectivity index (χ0) is 19.4. The summed E-state index contributed by atoms with van der Waals surface area (Å²) >= 11 is 0. The third kappa shape index (κ3) is 4.76.